The van der Waals surface area contributed by atoms with Gasteiger partial charge >= 0.3 is 0 Å². The lowest BCUT2D eigenvalue weighted by Crippen LogP contribution is -2.29. The van der Waals surface area contributed by atoms with Crippen LogP contribution in [0.3, 0.4) is 0 Å². The zero-order valence-corrected chi connectivity index (χ0v) is 17.1. The number of ether oxygens (including phenoxy) is 1. The zero-order chi connectivity index (χ0) is 21.3. The molecular weight excluding hydrogens is 384 g/mol. The summed E-state index contributed by atoms with van der Waals surface area (Å²) in [7, 11) is 0. The highest BCUT2D eigenvalue weighted by molar-refractivity contribution is 5.96. The minimum Gasteiger partial charge on any atom is -0.381 e. The maximum Gasteiger partial charge on any atom is 0.271 e. The van der Waals surface area contributed by atoms with Crippen LogP contribution in [0.25, 0.3) is 0 Å². The molecule has 5 N–H and O–H groups in total. The lowest BCUT2D eigenvalue weighted by molar-refractivity contribution is -0.109. The molecule has 1 fully saturated rings. The molecule has 2 heterocycles. The summed E-state index contributed by atoms with van der Waals surface area (Å²) >= 11 is 0. The van der Waals surface area contributed by atoms with Gasteiger partial charge in [0.05, 0.1) is 5.69 Å². The van der Waals surface area contributed by atoms with Gasteiger partial charge in [-0.05, 0) is 43.4 Å². The van der Waals surface area contributed by atoms with Crippen LogP contribution in [0.1, 0.15) is 41.5 Å². The molecule has 30 heavy (non-hydrogen) atoms. The van der Waals surface area contributed by atoms with Gasteiger partial charge in [0, 0.05) is 31.5 Å². The van der Waals surface area contributed by atoms with Crippen LogP contribution in [0.2, 0.25) is 0 Å². The van der Waals surface area contributed by atoms with Gasteiger partial charge in [0.1, 0.15) is 0 Å². The van der Waals surface area contributed by atoms with Gasteiger partial charge in [0.25, 0.3) is 5.91 Å². The standard InChI is InChI=1S/C21H28N6O3/c1-2-17-20(24-15-7-10-30-11-8-15)27-21(18(26-17)19(22)29)25-16-5-3-4-14(12-16)6-9-23-13-28/h3-5,12-13,15H,2,6-11H2,1H3,(H2,22,29)(H,23,28)(H2,24,25,27). The molecule has 0 unspecified atom stereocenters. The number of carbonyl (C=O) groups excluding carboxylic acids is 2. The summed E-state index contributed by atoms with van der Waals surface area (Å²) in [5.41, 5.74) is 8.19. The van der Waals surface area contributed by atoms with Crippen LogP contribution in [0.5, 0.6) is 0 Å². The molecule has 0 radical (unpaired) electrons. The first-order valence-corrected chi connectivity index (χ1v) is 10.2. The Morgan fingerprint density at radius 2 is 2.07 bits per heavy atom. The molecule has 2 aromatic rings. The number of aromatic nitrogens is 2. The number of nitrogens with two attached hydrogens (primary N) is 1. The molecule has 0 saturated carbocycles. The number of nitrogens with zero attached hydrogens (tertiary/aromatic N) is 2. The molecule has 0 spiro atoms. The molecule has 160 valence electrons. The molecule has 0 atom stereocenters. The van der Waals surface area contributed by atoms with Gasteiger partial charge < -0.3 is 26.4 Å². The topological polar surface area (TPSA) is 131 Å². The largest absolute Gasteiger partial charge is 0.381 e. The molecule has 0 bridgehead atoms. The van der Waals surface area contributed by atoms with Crippen molar-refractivity contribution in [2.24, 2.45) is 5.73 Å². The third kappa shape index (κ3) is 5.66. The third-order valence-electron chi connectivity index (χ3n) is 4.93. The van der Waals surface area contributed by atoms with Crippen molar-refractivity contribution in [2.75, 3.05) is 30.4 Å². The summed E-state index contributed by atoms with van der Waals surface area (Å²) in [5, 5.41) is 9.28. The molecule has 1 aliphatic rings. The van der Waals surface area contributed by atoms with Crippen molar-refractivity contribution in [3.05, 3.63) is 41.2 Å². The normalized spacial score (nSPS) is 14.2. The van der Waals surface area contributed by atoms with Crippen molar-refractivity contribution in [3.63, 3.8) is 0 Å². The number of carbonyl (C=O) groups is 2. The second kappa shape index (κ2) is 10.5. The quantitative estimate of drug-likeness (QED) is 0.345. The summed E-state index contributed by atoms with van der Waals surface area (Å²) in [5.74, 6) is 0.337. The van der Waals surface area contributed by atoms with Gasteiger partial charge in [-0.15, -0.1) is 0 Å². The monoisotopic (exact) mass is 412 g/mol. The van der Waals surface area contributed by atoms with E-state index in [1.165, 1.54) is 0 Å². The zero-order valence-electron chi connectivity index (χ0n) is 17.1. The van der Waals surface area contributed by atoms with Gasteiger partial charge in [-0.2, -0.15) is 0 Å². The van der Waals surface area contributed by atoms with Crippen LogP contribution in [0, 0.1) is 0 Å². The summed E-state index contributed by atoms with van der Waals surface area (Å²) in [6.45, 7) is 3.93. The molecule has 3 rings (SSSR count). The number of aryl methyl sites for hydroxylation is 1. The maximum absolute atomic E-state index is 12.0. The first-order chi connectivity index (χ1) is 14.6. The van der Waals surface area contributed by atoms with Crippen molar-refractivity contribution >= 4 is 29.6 Å². The first-order valence-electron chi connectivity index (χ1n) is 10.2. The minimum absolute atomic E-state index is 0.109. The van der Waals surface area contributed by atoms with E-state index in [9.17, 15) is 9.59 Å². The van der Waals surface area contributed by atoms with Crippen LogP contribution in [0.15, 0.2) is 24.3 Å². The van der Waals surface area contributed by atoms with Crippen LogP contribution in [-0.2, 0) is 22.4 Å². The van der Waals surface area contributed by atoms with Crippen molar-refractivity contribution in [2.45, 2.75) is 38.6 Å². The average Bonchev–Trinajstić information content (AvgIpc) is 2.75. The number of rotatable bonds is 10. The Kier molecular flexibility index (Phi) is 7.56. The first kappa shape index (κ1) is 21.5. The van der Waals surface area contributed by atoms with Gasteiger partial charge in [-0.25, -0.2) is 9.97 Å². The third-order valence-corrected chi connectivity index (χ3v) is 4.93. The van der Waals surface area contributed by atoms with Crippen molar-refractivity contribution in [1.29, 1.82) is 0 Å². The lowest BCUT2D eigenvalue weighted by atomic mass is 10.1. The summed E-state index contributed by atoms with van der Waals surface area (Å²) < 4.78 is 5.42. The van der Waals surface area contributed by atoms with E-state index in [0.717, 1.165) is 24.1 Å². The number of nitrogens with one attached hydrogen (secondary N) is 3. The highest BCUT2D eigenvalue weighted by Crippen LogP contribution is 2.24. The van der Waals surface area contributed by atoms with E-state index in [1.54, 1.807) is 0 Å². The Bertz CT molecular complexity index is 883. The second-order valence-corrected chi connectivity index (χ2v) is 7.11. The van der Waals surface area contributed by atoms with E-state index >= 15 is 0 Å². The number of hydrogen-bond donors (Lipinski definition) is 4. The Morgan fingerprint density at radius 3 is 2.77 bits per heavy atom. The van der Waals surface area contributed by atoms with E-state index in [4.69, 9.17) is 10.5 Å². The van der Waals surface area contributed by atoms with E-state index in [-0.39, 0.29) is 11.7 Å². The second-order valence-electron chi connectivity index (χ2n) is 7.11. The Labute approximate surface area is 175 Å². The molecule has 9 nitrogen and oxygen atoms in total. The molecule has 1 saturated heterocycles. The van der Waals surface area contributed by atoms with Crippen molar-refractivity contribution in [3.8, 4) is 0 Å². The van der Waals surface area contributed by atoms with Gasteiger partial charge in [0.15, 0.2) is 17.3 Å². The fourth-order valence-corrected chi connectivity index (χ4v) is 3.34. The van der Waals surface area contributed by atoms with Crippen LogP contribution in [-0.4, -0.2) is 48.1 Å². The lowest BCUT2D eigenvalue weighted by Gasteiger charge is -2.25. The van der Waals surface area contributed by atoms with Gasteiger partial charge in [-0.3, -0.25) is 9.59 Å². The molecular formula is C21H28N6O3. The number of benzene rings is 1. The van der Waals surface area contributed by atoms with Crippen molar-refractivity contribution < 1.29 is 14.3 Å². The number of hydrogen-bond acceptors (Lipinski definition) is 7. The van der Waals surface area contributed by atoms with Gasteiger partial charge in [0.2, 0.25) is 6.41 Å². The summed E-state index contributed by atoms with van der Waals surface area (Å²) in [6, 6.07) is 7.94. The fraction of sp³-hybridized carbons (Fsp3) is 0.429. The minimum atomic E-state index is -0.636. The summed E-state index contributed by atoms with van der Waals surface area (Å²) in [6.07, 6.45) is 3.77. The van der Waals surface area contributed by atoms with E-state index in [0.29, 0.717) is 56.3 Å². The fourth-order valence-electron chi connectivity index (χ4n) is 3.34. The molecule has 0 aliphatic carbocycles. The highest BCUT2D eigenvalue weighted by atomic mass is 16.5. The Balaban J connectivity index is 1.86. The maximum atomic E-state index is 12.0. The SMILES string of the molecule is CCc1nc(C(N)=O)c(Nc2cccc(CCNC=O)c2)nc1NC1CCOCC1. The average molecular weight is 412 g/mol. The smallest absolute Gasteiger partial charge is 0.271 e. The molecule has 1 aromatic heterocycles. The Hall–Kier alpha value is -3.20. The van der Waals surface area contributed by atoms with Crippen LogP contribution >= 0.6 is 0 Å². The van der Waals surface area contributed by atoms with Crippen LogP contribution < -0.4 is 21.7 Å². The van der Waals surface area contributed by atoms with Crippen LogP contribution in [0.4, 0.5) is 17.3 Å². The molecule has 1 aromatic carbocycles. The molecule has 2 amide bonds. The van der Waals surface area contributed by atoms with E-state index in [2.05, 4.69) is 25.9 Å². The van der Waals surface area contributed by atoms with E-state index < -0.39 is 5.91 Å². The molecule has 9 heteroatoms. The molecule has 1 aliphatic heterocycles. The highest BCUT2D eigenvalue weighted by Gasteiger charge is 2.20. The number of anilines is 3. The number of amides is 2. The summed E-state index contributed by atoms with van der Waals surface area (Å²) in [4.78, 5) is 31.6. The van der Waals surface area contributed by atoms with Crippen molar-refractivity contribution in [1.82, 2.24) is 15.3 Å². The number of primary amides is 1. The predicted molar refractivity (Wildman–Crippen MR) is 115 cm³/mol. The van der Waals surface area contributed by atoms with Gasteiger partial charge in [-0.1, -0.05) is 19.1 Å². The van der Waals surface area contributed by atoms with E-state index in [1.807, 2.05) is 31.2 Å². The Morgan fingerprint density at radius 1 is 1.27 bits per heavy atom. The predicted octanol–water partition coefficient (Wildman–Crippen LogP) is 1.76.